The molecule has 0 bridgehead atoms. The summed E-state index contributed by atoms with van der Waals surface area (Å²) in [7, 11) is 0. The third-order valence-electron chi connectivity index (χ3n) is 7.80. The van der Waals surface area contributed by atoms with E-state index < -0.39 is 41.2 Å². The fourth-order valence-corrected chi connectivity index (χ4v) is 5.10. The molecule has 2 amide bonds. The summed E-state index contributed by atoms with van der Waals surface area (Å²) < 4.78 is 47.4. The van der Waals surface area contributed by atoms with E-state index in [4.69, 9.17) is 4.74 Å². The SMILES string of the molecule is CC(C(C(=O)Nc1cccc(CC(C(=O)O)C(C)(C)C)c1)c1ccc(CN2N=C(c3ccccc3)OCC2=O)cc1)C(F)(F)F. The van der Waals surface area contributed by atoms with Gasteiger partial charge in [-0.05, 0) is 52.8 Å². The zero-order valence-corrected chi connectivity index (χ0v) is 25.5. The van der Waals surface area contributed by atoms with Crippen LogP contribution in [0.5, 0.6) is 0 Å². The number of hydrazone groups is 1. The molecule has 1 heterocycles. The Morgan fingerprint density at radius 3 is 2.24 bits per heavy atom. The number of ether oxygens (including phenoxy) is 1. The molecule has 1 aliphatic rings. The van der Waals surface area contributed by atoms with Gasteiger partial charge < -0.3 is 15.2 Å². The maximum absolute atomic E-state index is 14.0. The highest BCUT2D eigenvalue weighted by atomic mass is 19.4. The lowest BCUT2D eigenvalue weighted by atomic mass is 9.77. The summed E-state index contributed by atoms with van der Waals surface area (Å²) >= 11 is 0. The largest absolute Gasteiger partial charge is 0.481 e. The van der Waals surface area contributed by atoms with Crippen LogP contribution in [0.1, 0.15) is 55.9 Å². The van der Waals surface area contributed by atoms with E-state index in [9.17, 15) is 32.7 Å². The number of nitrogens with one attached hydrogen (secondary N) is 1. The minimum atomic E-state index is -4.66. The molecule has 238 valence electrons. The highest BCUT2D eigenvalue weighted by Crippen LogP contribution is 2.38. The van der Waals surface area contributed by atoms with E-state index in [1.165, 1.54) is 17.1 Å². The van der Waals surface area contributed by atoms with Gasteiger partial charge in [0, 0.05) is 11.3 Å². The fourth-order valence-electron chi connectivity index (χ4n) is 5.10. The highest BCUT2D eigenvalue weighted by molar-refractivity contribution is 5.98. The van der Waals surface area contributed by atoms with Gasteiger partial charge in [0.2, 0.25) is 11.8 Å². The van der Waals surface area contributed by atoms with E-state index in [0.29, 0.717) is 16.7 Å². The summed E-state index contributed by atoms with van der Waals surface area (Å²) in [6.45, 7) is 6.27. The van der Waals surface area contributed by atoms with Crippen molar-refractivity contribution in [2.75, 3.05) is 11.9 Å². The summed E-state index contributed by atoms with van der Waals surface area (Å²) in [5.74, 6) is -6.19. The minimum absolute atomic E-state index is 0.0587. The number of anilines is 1. The first-order valence-electron chi connectivity index (χ1n) is 14.5. The number of alkyl halides is 3. The van der Waals surface area contributed by atoms with Gasteiger partial charge >= 0.3 is 12.1 Å². The normalized spacial score (nSPS) is 15.8. The van der Waals surface area contributed by atoms with Gasteiger partial charge in [-0.2, -0.15) is 13.2 Å². The Hall–Kier alpha value is -4.67. The van der Waals surface area contributed by atoms with Gasteiger partial charge in [0.1, 0.15) is 0 Å². The second kappa shape index (κ2) is 13.5. The van der Waals surface area contributed by atoms with Crippen LogP contribution in [0.3, 0.4) is 0 Å². The third kappa shape index (κ3) is 8.49. The lowest BCUT2D eigenvalue weighted by Crippen LogP contribution is -2.36. The summed E-state index contributed by atoms with van der Waals surface area (Å²) in [6, 6.07) is 21.6. The lowest BCUT2D eigenvalue weighted by molar-refractivity contribution is -0.178. The topological polar surface area (TPSA) is 108 Å². The van der Waals surface area contributed by atoms with Crippen LogP contribution in [0.4, 0.5) is 18.9 Å². The molecule has 0 saturated carbocycles. The molecule has 4 rings (SSSR count). The molecule has 3 unspecified atom stereocenters. The molecule has 0 radical (unpaired) electrons. The van der Waals surface area contributed by atoms with Crippen molar-refractivity contribution >= 4 is 29.4 Å². The molecule has 3 atom stereocenters. The molecule has 0 spiro atoms. The zero-order chi connectivity index (χ0) is 32.9. The lowest BCUT2D eigenvalue weighted by Gasteiger charge is -2.27. The van der Waals surface area contributed by atoms with E-state index in [-0.39, 0.29) is 42.6 Å². The number of hydrogen-bond donors (Lipinski definition) is 2. The van der Waals surface area contributed by atoms with Crippen LogP contribution in [0.2, 0.25) is 0 Å². The molecule has 1 aliphatic heterocycles. The smallest absolute Gasteiger partial charge is 0.392 e. The van der Waals surface area contributed by atoms with Crippen molar-refractivity contribution in [2.24, 2.45) is 22.4 Å². The molecule has 0 aliphatic carbocycles. The van der Waals surface area contributed by atoms with Crippen molar-refractivity contribution in [3.05, 3.63) is 101 Å². The van der Waals surface area contributed by atoms with Crippen LogP contribution >= 0.6 is 0 Å². The molecule has 8 nitrogen and oxygen atoms in total. The first-order valence-corrected chi connectivity index (χ1v) is 14.5. The number of hydrogen-bond acceptors (Lipinski definition) is 5. The maximum atomic E-state index is 14.0. The predicted molar refractivity (Wildman–Crippen MR) is 163 cm³/mol. The number of rotatable bonds is 10. The van der Waals surface area contributed by atoms with Crippen LogP contribution in [-0.4, -0.2) is 46.6 Å². The Morgan fingerprint density at radius 2 is 1.64 bits per heavy atom. The number of carboxylic acid groups (broad SMARTS) is 1. The Kier molecular flexibility index (Phi) is 10.00. The van der Waals surface area contributed by atoms with Gasteiger partial charge in [-0.25, -0.2) is 5.01 Å². The van der Waals surface area contributed by atoms with Gasteiger partial charge in [-0.3, -0.25) is 14.4 Å². The van der Waals surface area contributed by atoms with Crippen LogP contribution in [0.25, 0.3) is 0 Å². The molecule has 0 fully saturated rings. The predicted octanol–water partition coefficient (Wildman–Crippen LogP) is 6.62. The molecule has 11 heteroatoms. The number of carboxylic acids is 1. The van der Waals surface area contributed by atoms with Crippen molar-refractivity contribution in [3.63, 3.8) is 0 Å². The number of amides is 2. The quantitative estimate of drug-likeness (QED) is 0.264. The Labute approximate surface area is 259 Å². The Bertz CT molecular complexity index is 1550. The monoisotopic (exact) mass is 623 g/mol. The first kappa shape index (κ1) is 33.2. The van der Waals surface area contributed by atoms with E-state index in [1.54, 1.807) is 48.5 Å². The molecule has 3 aromatic rings. The zero-order valence-electron chi connectivity index (χ0n) is 25.5. The Balaban J connectivity index is 1.54. The minimum Gasteiger partial charge on any atom is -0.481 e. The highest BCUT2D eigenvalue weighted by Gasteiger charge is 2.45. The summed E-state index contributed by atoms with van der Waals surface area (Å²) in [5.41, 5.74) is 1.82. The van der Waals surface area contributed by atoms with Crippen molar-refractivity contribution in [1.82, 2.24) is 5.01 Å². The number of aliphatic carboxylic acids is 1. The van der Waals surface area contributed by atoms with E-state index in [0.717, 1.165) is 6.92 Å². The Morgan fingerprint density at radius 1 is 0.978 bits per heavy atom. The molecule has 0 aromatic heterocycles. The number of carbonyl (C=O) groups excluding carboxylic acids is 2. The van der Waals surface area contributed by atoms with Crippen molar-refractivity contribution in [3.8, 4) is 0 Å². The van der Waals surface area contributed by atoms with E-state index >= 15 is 0 Å². The van der Waals surface area contributed by atoms with Gasteiger partial charge in [0.15, 0.2) is 6.61 Å². The molecule has 0 saturated heterocycles. The molecule has 3 aromatic carbocycles. The standard InChI is InChI=1S/C34H36F3N3O5/c1-21(34(35,36)37)29(30(42)38-26-12-8-9-23(17-26)18-27(32(43)44)33(2,3)4)24-15-13-22(14-16-24)19-40-28(41)20-45-31(39-40)25-10-6-5-7-11-25/h5-17,21,27,29H,18-20H2,1-4H3,(H,38,42)(H,43,44). The summed E-state index contributed by atoms with van der Waals surface area (Å²) in [5, 5.41) is 17.9. The van der Waals surface area contributed by atoms with Gasteiger partial charge in [0.25, 0.3) is 5.91 Å². The number of nitrogens with zero attached hydrogens (tertiary/aromatic N) is 2. The van der Waals surface area contributed by atoms with E-state index in [1.807, 2.05) is 39.0 Å². The van der Waals surface area contributed by atoms with Crippen molar-refractivity contribution in [1.29, 1.82) is 0 Å². The molecular formula is C34H36F3N3O5. The van der Waals surface area contributed by atoms with Gasteiger partial charge in [-0.15, -0.1) is 5.10 Å². The van der Waals surface area contributed by atoms with Crippen molar-refractivity contribution < 1.29 is 37.4 Å². The number of benzene rings is 3. The first-order chi connectivity index (χ1) is 21.1. The second-order valence-electron chi connectivity index (χ2n) is 12.2. The van der Waals surface area contributed by atoms with Crippen LogP contribution in [0, 0.1) is 17.3 Å². The fraction of sp³-hybridized carbons (Fsp3) is 0.353. The van der Waals surface area contributed by atoms with Crippen LogP contribution in [0.15, 0.2) is 84.0 Å². The molecule has 2 N–H and O–H groups in total. The number of halogens is 3. The van der Waals surface area contributed by atoms with Gasteiger partial charge in [0.05, 0.1) is 24.3 Å². The molecule has 45 heavy (non-hydrogen) atoms. The average Bonchev–Trinajstić information content (AvgIpc) is 2.97. The summed E-state index contributed by atoms with van der Waals surface area (Å²) in [4.78, 5) is 37.7. The van der Waals surface area contributed by atoms with Gasteiger partial charge in [-0.1, -0.05) is 82.3 Å². The summed E-state index contributed by atoms with van der Waals surface area (Å²) in [6.07, 6.45) is -4.47. The van der Waals surface area contributed by atoms with Crippen LogP contribution < -0.4 is 5.32 Å². The number of carbonyl (C=O) groups is 3. The second-order valence-corrected chi connectivity index (χ2v) is 12.2. The van der Waals surface area contributed by atoms with E-state index in [2.05, 4.69) is 10.4 Å². The third-order valence-corrected chi connectivity index (χ3v) is 7.80. The average molecular weight is 624 g/mol. The van der Waals surface area contributed by atoms with Crippen molar-refractivity contribution in [2.45, 2.75) is 52.8 Å². The van der Waals surface area contributed by atoms with Crippen LogP contribution in [-0.2, 0) is 32.1 Å². The molecular weight excluding hydrogens is 587 g/mol. The maximum Gasteiger partial charge on any atom is 0.392 e.